The Balaban J connectivity index is 0. The summed E-state index contributed by atoms with van der Waals surface area (Å²) in [5.41, 5.74) is -4.53. The van der Waals surface area contributed by atoms with E-state index in [0.717, 1.165) is 0 Å². The van der Waals surface area contributed by atoms with Gasteiger partial charge in [-0.05, 0) is 11.6 Å². The molecule has 0 fully saturated rings. The minimum atomic E-state index is -4.53. The summed E-state index contributed by atoms with van der Waals surface area (Å²) in [7, 11) is 0. The highest BCUT2D eigenvalue weighted by molar-refractivity contribution is 6.20. The molecule has 0 aliphatic heterocycles. The highest BCUT2D eigenvalue weighted by atomic mass is 35.5. The highest BCUT2D eigenvalue weighted by Crippen LogP contribution is 2.18. The maximum Gasteiger partial charge on any atom is 0.475 e. The maximum absolute atomic E-state index is 10.1. The van der Waals surface area contributed by atoms with E-state index in [1.165, 1.54) is 0 Å². The van der Waals surface area contributed by atoms with Crippen molar-refractivity contribution in [3.8, 4) is 0 Å². The van der Waals surface area contributed by atoms with Gasteiger partial charge in [0.05, 0.1) is 0 Å². The monoisotopic (exact) mass is 121 g/mol. The van der Waals surface area contributed by atoms with Crippen molar-refractivity contribution in [1.29, 1.82) is 0 Å². The van der Waals surface area contributed by atoms with Crippen molar-refractivity contribution in [3.63, 3.8) is 0 Å². The number of hydrogen-bond acceptors (Lipinski definition) is 1. The van der Waals surface area contributed by atoms with E-state index in [4.69, 9.17) is 0 Å². The molecule has 0 aromatic rings. The van der Waals surface area contributed by atoms with Gasteiger partial charge in [-0.1, -0.05) is 0 Å². The quantitative estimate of drug-likeness (QED) is 0.488. The van der Waals surface area contributed by atoms with Crippen LogP contribution in [0.15, 0.2) is 0 Å². The van der Waals surface area contributed by atoms with Gasteiger partial charge in [-0.25, -0.2) is 0 Å². The molecule has 0 unspecified atom stereocenters. The first kappa shape index (κ1) is 9.40. The first-order chi connectivity index (χ1) is 2.00. The normalized spacial score (nSPS) is 10.0. The lowest BCUT2D eigenvalue weighted by molar-refractivity contribution is -0.0420. The number of rotatable bonds is 0. The van der Waals surface area contributed by atoms with Crippen LogP contribution in [0.25, 0.3) is 0 Å². The zero-order chi connectivity index (χ0) is 4.50. The van der Waals surface area contributed by atoms with Crippen molar-refractivity contribution in [3.05, 3.63) is 0 Å². The van der Waals surface area contributed by atoms with Crippen molar-refractivity contribution in [2.45, 2.75) is 5.64 Å². The van der Waals surface area contributed by atoms with E-state index in [1.807, 2.05) is 0 Å². The van der Waals surface area contributed by atoms with E-state index in [9.17, 15) is 13.2 Å². The fourth-order valence-corrected chi connectivity index (χ4v) is 0. The SMILES string of the molecule is FC(F)(F)Cl.N. The third kappa shape index (κ3) is 23300. The molecule has 0 saturated carbocycles. The lowest BCUT2D eigenvalue weighted by Crippen LogP contribution is -1.89. The molecule has 0 spiro atoms. The Hall–Kier alpha value is 0.0400. The van der Waals surface area contributed by atoms with Gasteiger partial charge in [0.1, 0.15) is 0 Å². The third-order valence-electron chi connectivity index (χ3n) is 0. The van der Waals surface area contributed by atoms with Crippen LogP contribution in [0.5, 0.6) is 0 Å². The number of alkyl halides is 4. The molecule has 0 saturated heterocycles. The Kier molecular flexibility index (Phi) is 3.53. The summed E-state index contributed by atoms with van der Waals surface area (Å²) in [4.78, 5) is 0. The molecule has 0 rings (SSSR count). The summed E-state index contributed by atoms with van der Waals surface area (Å²) in [5.74, 6) is 0. The number of halogens is 4. The average Bonchev–Trinajstić information content (AvgIpc) is 0.722. The van der Waals surface area contributed by atoms with Gasteiger partial charge < -0.3 is 6.15 Å². The predicted octanol–water partition coefficient (Wildman–Crippen LogP) is 1.91. The van der Waals surface area contributed by atoms with Gasteiger partial charge in [0.25, 0.3) is 0 Å². The van der Waals surface area contributed by atoms with E-state index in [0.29, 0.717) is 0 Å². The van der Waals surface area contributed by atoms with Crippen molar-refractivity contribution in [2.24, 2.45) is 0 Å². The van der Waals surface area contributed by atoms with Crippen LogP contribution in [-0.4, -0.2) is 5.64 Å². The maximum atomic E-state index is 10.1. The average molecular weight is 121 g/mol. The van der Waals surface area contributed by atoms with E-state index in [2.05, 4.69) is 11.6 Å². The first-order valence-corrected chi connectivity index (χ1v) is 1.13. The molecule has 0 aliphatic rings. The van der Waals surface area contributed by atoms with Crippen LogP contribution in [0, 0.1) is 0 Å². The van der Waals surface area contributed by atoms with Crippen molar-refractivity contribution < 1.29 is 13.2 Å². The van der Waals surface area contributed by atoms with Crippen LogP contribution in [0.4, 0.5) is 13.2 Å². The Morgan fingerprint density at radius 2 is 1.17 bits per heavy atom. The van der Waals surface area contributed by atoms with Crippen molar-refractivity contribution >= 4 is 11.6 Å². The van der Waals surface area contributed by atoms with Gasteiger partial charge in [0.15, 0.2) is 0 Å². The lowest BCUT2D eigenvalue weighted by atomic mass is 11.6. The largest absolute Gasteiger partial charge is 0.475 e. The zero-order valence-corrected chi connectivity index (χ0v) is 3.47. The topological polar surface area (TPSA) is 35.0 Å². The molecule has 0 aromatic heterocycles. The van der Waals surface area contributed by atoms with E-state index < -0.39 is 5.64 Å². The van der Waals surface area contributed by atoms with Gasteiger partial charge in [-0.3, -0.25) is 0 Å². The fraction of sp³-hybridized carbons (Fsp3) is 1.00. The second-order valence-electron chi connectivity index (χ2n) is 0.429. The molecule has 0 heterocycles. The Labute approximate surface area is 37.7 Å². The molecular weight excluding hydrogens is 118 g/mol. The van der Waals surface area contributed by atoms with Gasteiger partial charge >= 0.3 is 5.64 Å². The van der Waals surface area contributed by atoms with Crippen molar-refractivity contribution in [1.82, 2.24) is 6.15 Å². The fourth-order valence-electron chi connectivity index (χ4n) is 0. The summed E-state index contributed by atoms with van der Waals surface area (Å²) in [6, 6.07) is 0. The Morgan fingerprint density at radius 1 is 1.17 bits per heavy atom. The molecule has 0 amide bonds. The second-order valence-corrected chi connectivity index (χ2v) is 0.857. The molecule has 0 radical (unpaired) electrons. The van der Waals surface area contributed by atoms with Gasteiger partial charge in [0.2, 0.25) is 0 Å². The number of hydrogen-bond donors (Lipinski definition) is 1. The van der Waals surface area contributed by atoms with Crippen LogP contribution in [-0.2, 0) is 0 Å². The third-order valence-corrected chi connectivity index (χ3v) is 0. The molecule has 1 nitrogen and oxygen atoms in total. The first-order valence-electron chi connectivity index (χ1n) is 0.756. The smallest absolute Gasteiger partial charge is 0.344 e. The molecule has 3 N–H and O–H groups in total. The van der Waals surface area contributed by atoms with Gasteiger partial charge in [0, 0.05) is 0 Å². The minimum absolute atomic E-state index is 0. The second kappa shape index (κ2) is 2.25. The molecule has 0 atom stereocenters. The van der Waals surface area contributed by atoms with E-state index >= 15 is 0 Å². The molecule has 0 bridgehead atoms. The van der Waals surface area contributed by atoms with Crippen LogP contribution in [0.1, 0.15) is 0 Å². The summed E-state index contributed by atoms with van der Waals surface area (Å²) in [5, 5.41) is 0. The molecule has 40 valence electrons. The van der Waals surface area contributed by atoms with E-state index in [-0.39, 0.29) is 6.15 Å². The Bertz CT molecular complexity index is 26.3. The van der Waals surface area contributed by atoms with Crippen LogP contribution in [0.2, 0.25) is 0 Å². The Morgan fingerprint density at radius 3 is 1.17 bits per heavy atom. The van der Waals surface area contributed by atoms with Crippen LogP contribution >= 0.6 is 11.6 Å². The summed E-state index contributed by atoms with van der Waals surface area (Å²) in [6.45, 7) is 0. The lowest BCUT2D eigenvalue weighted by Gasteiger charge is -1.84. The summed E-state index contributed by atoms with van der Waals surface area (Å²) in [6.07, 6.45) is 0. The molecule has 0 aliphatic carbocycles. The van der Waals surface area contributed by atoms with Crippen LogP contribution in [0.3, 0.4) is 0 Å². The zero-order valence-electron chi connectivity index (χ0n) is 2.72. The predicted molar refractivity (Wildman–Crippen MR) is 16.9 cm³/mol. The molecular formula is CH3ClF3N. The van der Waals surface area contributed by atoms with E-state index in [1.54, 1.807) is 0 Å². The minimum Gasteiger partial charge on any atom is -0.344 e. The summed E-state index contributed by atoms with van der Waals surface area (Å²) >= 11 is 3.53. The molecule has 0 aromatic carbocycles. The standard InChI is InChI=1S/CClF3.H3N/c2-1(3,4)5;/h;1H3. The van der Waals surface area contributed by atoms with Gasteiger partial charge in [-0.15, -0.1) is 0 Å². The molecule has 6 heavy (non-hydrogen) atoms. The van der Waals surface area contributed by atoms with Crippen molar-refractivity contribution in [2.75, 3.05) is 0 Å². The van der Waals surface area contributed by atoms with Crippen LogP contribution < -0.4 is 6.15 Å². The van der Waals surface area contributed by atoms with Gasteiger partial charge in [-0.2, -0.15) is 13.2 Å². The molecule has 5 heteroatoms. The summed E-state index contributed by atoms with van der Waals surface area (Å²) < 4.78 is 30.4. The highest BCUT2D eigenvalue weighted by Gasteiger charge is 2.20.